The molecular weight excluding hydrogens is 541 g/mol. The monoisotopic (exact) mass is 571 g/mol. The summed E-state index contributed by atoms with van der Waals surface area (Å²) in [6, 6.07) is 24.4. The zero-order valence-corrected chi connectivity index (χ0v) is 24.1. The van der Waals surface area contributed by atoms with Gasteiger partial charge >= 0.3 is 0 Å². The molecule has 1 spiro atoms. The number of carbonyl (C=O) groups excluding carboxylic acids is 3. The second-order valence-corrected chi connectivity index (χ2v) is 11.8. The largest absolute Gasteiger partial charge is 0.497 e. The first-order chi connectivity index (χ1) is 20.8. The van der Waals surface area contributed by atoms with Gasteiger partial charge in [-0.15, -0.1) is 0 Å². The lowest BCUT2D eigenvalue weighted by Crippen LogP contribution is -2.48. The zero-order chi connectivity index (χ0) is 30.0. The van der Waals surface area contributed by atoms with Crippen molar-refractivity contribution in [3.05, 3.63) is 136 Å². The van der Waals surface area contributed by atoms with Crippen molar-refractivity contribution in [3.8, 4) is 5.75 Å². The molecule has 0 unspecified atom stereocenters. The molecule has 43 heavy (non-hydrogen) atoms. The predicted octanol–water partition coefficient (Wildman–Crippen LogP) is 7.27. The van der Waals surface area contributed by atoms with Crippen molar-refractivity contribution in [2.24, 2.45) is 5.41 Å². The third kappa shape index (κ3) is 3.79. The Kier molecular flexibility index (Phi) is 6.20. The first-order valence-corrected chi connectivity index (χ1v) is 14.5. The Morgan fingerprint density at radius 1 is 0.884 bits per heavy atom. The second-order valence-electron chi connectivity index (χ2n) is 11.8. The Morgan fingerprint density at radius 2 is 1.58 bits per heavy atom. The Bertz CT molecular complexity index is 1800. The average Bonchev–Trinajstić information content (AvgIpc) is 3.46. The summed E-state index contributed by atoms with van der Waals surface area (Å²) < 4.78 is 19.9. The molecule has 7 rings (SSSR count). The Morgan fingerprint density at radius 3 is 2.23 bits per heavy atom. The second kappa shape index (κ2) is 9.87. The van der Waals surface area contributed by atoms with Crippen LogP contribution in [0.5, 0.6) is 5.75 Å². The van der Waals surface area contributed by atoms with Crippen molar-refractivity contribution in [2.75, 3.05) is 12.0 Å². The number of anilines is 1. The van der Waals surface area contributed by atoms with Crippen molar-refractivity contribution in [2.45, 2.75) is 37.8 Å². The molecule has 6 heteroatoms. The van der Waals surface area contributed by atoms with Crippen molar-refractivity contribution >= 4 is 29.1 Å². The van der Waals surface area contributed by atoms with Crippen molar-refractivity contribution in [1.29, 1.82) is 0 Å². The highest BCUT2D eigenvalue weighted by molar-refractivity contribution is 6.32. The molecule has 4 aromatic rings. The minimum absolute atomic E-state index is 0.249. The van der Waals surface area contributed by atoms with Gasteiger partial charge in [-0.3, -0.25) is 14.4 Å². The molecule has 5 nitrogen and oxygen atoms in total. The minimum atomic E-state index is -1.61. The minimum Gasteiger partial charge on any atom is -0.497 e. The first kappa shape index (κ1) is 27.0. The molecule has 0 bridgehead atoms. The molecule has 214 valence electrons. The number of rotatable bonds is 5. The van der Waals surface area contributed by atoms with E-state index in [2.05, 4.69) is 13.8 Å². The third-order valence-electron chi connectivity index (χ3n) is 9.35. The molecular formula is C37H30FNO4. The highest BCUT2D eigenvalue weighted by Crippen LogP contribution is 2.61. The van der Waals surface area contributed by atoms with Crippen LogP contribution in [0.3, 0.4) is 0 Å². The first-order valence-electron chi connectivity index (χ1n) is 14.5. The van der Waals surface area contributed by atoms with Gasteiger partial charge in [0.15, 0.2) is 17.3 Å². The molecule has 0 amide bonds. The summed E-state index contributed by atoms with van der Waals surface area (Å²) in [5.41, 5.74) is 2.55. The zero-order valence-electron chi connectivity index (χ0n) is 24.1. The van der Waals surface area contributed by atoms with Gasteiger partial charge in [-0.2, -0.15) is 0 Å². The Hall–Kier alpha value is -4.84. The summed E-state index contributed by atoms with van der Waals surface area (Å²) in [5.74, 6) is -1.28. The number of ether oxygens (including phenoxy) is 1. The number of methoxy groups -OCH3 is 1. The van der Waals surface area contributed by atoms with Gasteiger partial charge in [0.1, 0.15) is 23.0 Å². The highest BCUT2D eigenvalue weighted by Gasteiger charge is 2.71. The number of carbonyl (C=O) groups is 3. The van der Waals surface area contributed by atoms with Gasteiger partial charge < -0.3 is 9.64 Å². The maximum Gasteiger partial charge on any atom is 0.186 e. The summed E-state index contributed by atoms with van der Waals surface area (Å²) >= 11 is 0. The van der Waals surface area contributed by atoms with Crippen LogP contribution in [-0.4, -0.2) is 36.5 Å². The van der Waals surface area contributed by atoms with E-state index in [1.165, 1.54) is 19.2 Å². The van der Waals surface area contributed by atoms with Gasteiger partial charge in [0.05, 0.1) is 13.2 Å². The van der Waals surface area contributed by atoms with Gasteiger partial charge in [0.2, 0.25) is 0 Å². The SMILES string of the molecule is COc1cccc(C(=O)[C@@H]2[C@@H](c3ccc(C(C)C)cc3)C3(C(=O)c4ccccc4C3=O)[C@H]3C=Cc4cc(F)ccc4N23)c1. The molecule has 2 aliphatic heterocycles. The summed E-state index contributed by atoms with van der Waals surface area (Å²) in [6.45, 7) is 4.20. The molecule has 1 saturated heterocycles. The van der Waals surface area contributed by atoms with Crippen LogP contribution in [0.4, 0.5) is 10.1 Å². The number of benzene rings is 4. The number of ketones is 3. The molecule has 0 saturated carbocycles. The number of hydrogen-bond acceptors (Lipinski definition) is 5. The van der Waals surface area contributed by atoms with Crippen LogP contribution in [0, 0.1) is 11.2 Å². The van der Waals surface area contributed by atoms with Crippen LogP contribution in [-0.2, 0) is 0 Å². The standard InChI is InChI=1S/C37H30FNO4/c1-21(2)22-11-13-23(14-12-22)32-33(34(40)25-7-6-8-27(20-25)43-3)39-30-17-16-26(38)19-24(30)15-18-31(39)37(32)35(41)28-9-4-5-10-29(28)36(37)42/h4-21,31-33H,1-3H3/t31-,32-,33+/m1/s1. The van der Waals surface area contributed by atoms with Crippen molar-refractivity contribution in [1.82, 2.24) is 0 Å². The van der Waals surface area contributed by atoms with E-state index >= 15 is 0 Å². The maximum atomic E-state index is 14.8. The van der Waals surface area contributed by atoms with E-state index in [0.717, 1.165) is 11.1 Å². The quantitative estimate of drug-likeness (QED) is 0.186. The summed E-state index contributed by atoms with van der Waals surface area (Å²) in [7, 11) is 1.54. The molecule has 3 aliphatic rings. The lowest BCUT2D eigenvalue weighted by atomic mass is 9.64. The molecule has 1 fully saturated rings. The van der Waals surface area contributed by atoms with Crippen LogP contribution in [0.1, 0.15) is 73.4 Å². The van der Waals surface area contributed by atoms with Crippen molar-refractivity contribution < 1.29 is 23.5 Å². The van der Waals surface area contributed by atoms with Crippen LogP contribution in [0.25, 0.3) is 6.08 Å². The Labute approximate surface area is 249 Å². The van der Waals surface area contributed by atoms with Crippen LogP contribution in [0.15, 0.2) is 97.1 Å². The van der Waals surface area contributed by atoms with E-state index < -0.39 is 29.2 Å². The fourth-order valence-corrected chi connectivity index (χ4v) is 7.36. The van der Waals surface area contributed by atoms with Gasteiger partial charge in [-0.25, -0.2) is 4.39 Å². The average molecular weight is 572 g/mol. The maximum absolute atomic E-state index is 14.8. The predicted molar refractivity (Wildman–Crippen MR) is 164 cm³/mol. The van der Waals surface area contributed by atoms with Crippen LogP contribution in [0.2, 0.25) is 0 Å². The van der Waals surface area contributed by atoms with Gasteiger partial charge in [-0.1, -0.05) is 86.7 Å². The van der Waals surface area contributed by atoms with Gasteiger partial charge in [-0.05, 0) is 47.4 Å². The van der Waals surface area contributed by atoms with Crippen LogP contribution >= 0.6 is 0 Å². The summed E-state index contributed by atoms with van der Waals surface area (Å²) in [6.07, 6.45) is 3.57. The van der Waals surface area contributed by atoms with E-state index in [-0.39, 0.29) is 23.3 Å². The number of nitrogens with zero attached hydrogens (tertiary/aromatic N) is 1. The van der Waals surface area contributed by atoms with E-state index in [0.29, 0.717) is 33.7 Å². The molecule has 3 atom stereocenters. The normalized spacial score (nSPS) is 21.2. The number of Topliss-reactive ketones (excluding diaryl/α,β-unsaturated/α-hetero) is 3. The van der Waals surface area contributed by atoms with E-state index in [9.17, 15) is 18.8 Å². The highest BCUT2D eigenvalue weighted by atomic mass is 19.1. The molecule has 0 N–H and O–H groups in total. The van der Waals surface area contributed by atoms with Crippen LogP contribution < -0.4 is 9.64 Å². The molecule has 0 aromatic heterocycles. The lowest BCUT2D eigenvalue weighted by molar-refractivity contribution is 0.0666. The van der Waals surface area contributed by atoms with E-state index in [1.54, 1.807) is 66.7 Å². The number of halogens is 1. The molecule has 4 aromatic carbocycles. The topological polar surface area (TPSA) is 63.7 Å². The summed E-state index contributed by atoms with van der Waals surface area (Å²) in [5, 5.41) is 0. The fourth-order valence-electron chi connectivity index (χ4n) is 7.36. The van der Waals surface area contributed by atoms with E-state index in [1.807, 2.05) is 29.2 Å². The van der Waals surface area contributed by atoms with Crippen molar-refractivity contribution in [3.63, 3.8) is 0 Å². The lowest BCUT2D eigenvalue weighted by Gasteiger charge is -2.37. The van der Waals surface area contributed by atoms with Gasteiger partial charge in [0, 0.05) is 33.9 Å². The smallest absolute Gasteiger partial charge is 0.186 e. The fraction of sp³-hybridized carbons (Fsp3) is 0.216. The van der Waals surface area contributed by atoms with Gasteiger partial charge in [0.25, 0.3) is 0 Å². The summed E-state index contributed by atoms with van der Waals surface area (Å²) in [4.78, 5) is 46.2. The Balaban J connectivity index is 1.53. The molecule has 0 radical (unpaired) electrons. The number of fused-ring (bicyclic) bond motifs is 5. The molecule has 2 heterocycles. The molecule has 1 aliphatic carbocycles. The van der Waals surface area contributed by atoms with E-state index in [4.69, 9.17) is 4.74 Å². The number of hydrogen-bond donors (Lipinski definition) is 0. The third-order valence-corrected chi connectivity index (χ3v) is 9.35.